The van der Waals surface area contributed by atoms with Crippen LogP contribution in [0.2, 0.25) is 0 Å². The third kappa shape index (κ3) is 4.40. The smallest absolute Gasteiger partial charge is 0.0555 e. The fourth-order valence-electron chi connectivity index (χ4n) is 7.67. The van der Waals surface area contributed by atoms with E-state index >= 15 is 0 Å². The highest BCUT2D eigenvalue weighted by Gasteiger charge is 2.23. The Morgan fingerprint density at radius 2 is 0.755 bits per heavy atom. The first kappa shape index (κ1) is 27.9. The maximum absolute atomic E-state index is 2.47. The van der Waals surface area contributed by atoms with Gasteiger partial charge in [-0.3, -0.25) is 0 Å². The molecule has 0 unspecified atom stereocenters. The van der Waals surface area contributed by atoms with E-state index in [0.717, 1.165) is 17.1 Å². The minimum absolute atomic E-state index is 1.13. The average Bonchev–Trinajstić information content (AvgIpc) is 3.56. The number of thiophene rings is 1. The van der Waals surface area contributed by atoms with Crippen LogP contribution in [0.1, 0.15) is 0 Å². The summed E-state index contributed by atoms with van der Waals surface area (Å²) in [4.78, 5) is 4.85. The van der Waals surface area contributed by atoms with Crippen LogP contribution in [-0.4, -0.2) is 0 Å². The Morgan fingerprint density at radius 1 is 0.286 bits per heavy atom. The third-order valence-corrected chi connectivity index (χ3v) is 10.9. The average molecular weight is 643 g/mol. The highest BCUT2D eigenvalue weighted by molar-refractivity contribution is 7.26. The standard InChI is InChI=1S/C46H30N2S/c1-4-13-33(14-5-1)47(34-15-6-2-7-16-34)39-29-25-31-24-28-37-40(30-26-32-23-27-36(39)44(31)45(32)37)48(35-17-8-3-9-18-35)41-20-12-22-43-46(41)38-19-10-11-21-42(38)49-43/h1-30H. The lowest BCUT2D eigenvalue weighted by Crippen LogP contribution is -2.11. The lowest BCUT2D eigenvalue weighted by molar-refractivity contribution is 1.30. The highest BCUT2D eigenvalue weighted by Crippen LogP contribution is 2.49. The molecule has 49 heavy (non-hydrogen) atoms. The molecular formula is C46H30N2S. The number of anilines is 6. The molecule has 10 rings (SSSR count). The van der Waals surface area contributed by atoms with Crippen molar-refractivity contribution in [2.24, 2.45) is 0 Å². The molecule has 10 aromatic rings. The van der Waals surface area contributed by atoms with Crippen molar-refractivity contribution in [2.75, 3.05) is 9.80 Å². The van der Waals surface area contributed by atoms with Gasteiger partial charge in [-0.2, -0.15) is 0 Å². The Bertz CT molecular complexity index is 2730. The molecule has 230 valence electrons. The highest BCUT2D eigenvalue weighted by atomic mass is 32.1. The second kappa shape index (κ2) is 11.2. The van der Waals surface area contributed by atoms with Crippen LogP contribution < -0.4 is 9.80 Å². The van der Waals surface area contributed by atoms with E-state index in [0.29, 0.717) is 0 Å². The van der Waals surface area contributed by atoms with Gasteiger partial charge in [-0.15, -0.1) is 11.3 Å². The summed E-state index contributed by atoms with van der Waals surface area (Å²) in [6.07, 6.45) is 0. The SMILES string of the molecule is c1ccc(N(c2ccccc2)c2ccc3ccc4c(N(c5ccccc5)c5cccc6sc7ccccc7c56)ccc5ccc2c3c54)cc1. The zero-order valence-corrected chi connectivity index (χ0v) is 27.4. The van der Waals surface area contributed by atoms with Crippen LogP contribution in [0, 0.1) is 0 Å². The van der Waals surface area contributed by atoms with Crippen LogP contribution in [0.5, 0.6) is 0 Å². The van der Waals surface area contributed by atoms with Crippen molar-refractivity contribution < 1.29 is 0 Å². The van der Waals surface area contributed by atoms with E-state index in [2.05, 4.69) is 192 Å². The molecule has 0 saturated heterocycles. The van der Waals surface area contributed by atoms with Crippen molar-refractivity contribution >= 4 is 98.0 Å². The summed E-state index contributed by atoms with van der Waals surface area (Å²) in [6, 6.07) is 66.1. The van der Waals surface area contributed by atoms with Crippen molar-refractivity contribution in [3.8, 4) is 0 Å². The number of hydrogen-bond acceptors (Lipinski definition) is 3. The summed E-state index contributed by atoms with van der Waals surface area (Å²) in [5, 5.41) is 10.1. The van der Waals surface area contributed by atoms with E-state index in [9.17, 15) is 0 Å². The molecule has 0 atom stereocenters. The molecule has 9 aromatic carbocycles. The van der Waals surface area contributed by atoms with E-state index < -0.39 is 0 Å². The van der Waals surface area contributed by atoms with Crippen molar-refractivity contribution in [1.29, 1.82) is 0 Å². The number of benzene rings is 9. The van der Waals surface area contributed by atoms with Gasteiger partial charge in [-0.25, -0.2) is 0 Å². The van der Waals surface area contributed by atoms with Gasteiger partial charge in [0.15, 0.2) is 0 Å². The summed E-state index contributed by atoms with van der Waals surface area (Å²) in [7, 11) is 0. The largest absolute Gasteiger partial charge is 0.310 e. The van der Waals surface area contributed by atoms with Crippen molar-refractivity contribution in [3.05, 3.63) is 182 Å². The van der Waals surface area contributed by atoms with Gasteiger partial charge in [0.2, 0.25) is 0 Å². The predicted octanol–water partition coefficient (Wildman–Crippen LogP) is 13.9. The number of nitrogens with zero attached hydrogens (tertiary/aromatic N) is 2. The molecule has 0 N–H and O–H groups in total. The van der Waals surface area contributed by atoms with Gasteiger partial charge < -0.3 is 9.80 Å². The van der Waals surface area contributed by atoms with E-state index in [1.807, 2.05) is 11.3 Å². The van der Waals surface area contributed by atoms with Crippen LogP contribution >= 0.6 is 11.3 Å². The summed E-state index contributed by atoms with van der Waals surface area (Å²) in [6.45, 7) is 0. The van der Waals surface area contributed by atoms with Gasteiger partial charge in [0, 0.05) is 48.0 Å². The minimum Gasteiger partial charge on any atom is -0.310 e. The molecule has 3 heteroatoms. The number of fused-ring (bicyclic) bond motifs is 3. The molecule has 0 aliphatic carbocycles. The second-order valence-corrected chi connectivity index (χ2v) is 13.6. The van der Waals surface area contributed by atoms with Crippen LogP contribution in [0.15, 0.2) is 182 Å². The Balaban J connectivity index is 1.27. The maximum atomic E-state index is 2.47. The van der Waals surface area contributed by atoms with Crippen molar-refractivity contribution in [3.63, 3.8) is 0 Å². The van der Waals surface area contributed by atoms with E-state index in [1.54, 1.807) is 0 Å². The first-order valence-electron chi connectivity index (χ1n) is 16.7. The molecule has 0 aliphatic rings. The molecule has 0 amide bonds. The van der Waals surface area contributed by atoms with Gasteiger partial charge in [0.25, 0.3) is 0 Å². The third-order valence-electron chi connectivity index (χ3n) is 9.77. The molecule has 0 fully saturated rings. The summed E-state index contributed by atoms with van der Waals surface area (Å²) < 4.78 is 2.60. The van der Waals surface area contributed by atoms with Crippen molar-refractivity contribution in [1.82, 2.24) is 0 Å². The van der Waals surface area contributed by atoms with Gasteiger partial charge in [-0.05, 0) is 88.3 Å². The molecule has 2 nitrogen and oxygen atoms in total. The molecule has 0 aliphatic heterocycles. The molecule has 0 saturated carbocycles. The van der Waals surface area contributed by atoms with Crippen LogP contribution in [0.4, 0.5) is 34.1 Å². The summed E-state index contributed by atoms with van der Waals surface area (Å²) in [5.74, 6) is 0. The lowest BCUT2D eigenvalue weighted by Gasteiger charge is -2.29. The van der Waals surface area contributed by atoms with E-state index in [-0.39, 0.29) is 0 Å². The number of hydrogen-bond donors (Lipinski definition) is 0. The summed E-state index contributed by atoms with van der Waals surface area (Å²) >= 11 is 1.86. The Kier molecular flexibility index (Phi) is 6.39. The predicted molar refractivity (Wildman–Crippen MR) is 212 cm³/mol. The van der Waals surface area contributed by atoms with Crippen LogP contribution in [0.3, 0.4) is 0 Å². The van der Waals surface area contributed by atoms with Crippen molar-refractivity contribution in [2.45, 2.75) is 0 Å². The fourth-order valence-corrected chi connectivity index (χ4v) is 8.80. The normalized spacial score (nSPS) is 11.7. The molecule has 0 bridgehead atoms. The monoisotopic (exact) mass is 642 g/mol. The van der Waals surface area contributed by atoms with E-state index in [4.69, 9.17) is 0 Å². The molecule has 1 heterocycles. The topological polar surface area (TPSA) is 6.48 Å². The Hall–Kier alpha value is -6.16. The molecule has 0 spiro atoms. The van der Waals surface area contributed by atoms with Gasteiger partial charge in [0.1, 0.15) is 0 Å². The lowest BCUT2D eigenvalue weighted by atomic mass is 9.91. The first-order chi connectivity index (χ1) is 24.3. The van der Waals surface area contributed by atoms with E-state index in [1.165, 1.54) is 69.6 Å². The number of para-hydroxylation sites is 3. The zero-order chi connectivity index (χ0) is 32.3. The molecule has 1 aromatic heterocycles. The first-order valence-corrected chi connectivity index (χ1v) is 17.5. The minimum atomic E-state index is 1.13. The fraction of sp³-hybridized carbons (Fsp3) is 0. The van der Waals surface area contributed by atoms with Gasteiger partial charge in [0.05, 0.1) is 17.1 Å². The van der Waals surface area contributed by atoms with Crippen LogP contribution in [-0.2, 0) is 0 Å². The van der Waals surface area contributed by atoms with Crippen LogP contribution in [0.25, 0.3) is 52.5 Å². The Morgan fingerprint density at radius 3 is 1.35 bits per heavy atom. The number of rotatable bonds is 6. The quantitative estimate of drug-likeness (QED) is 0.167. The summed E-state index contributed by atoms with van der Waals surface area (Å²) in [5.41, 5.74) is 6.94. The van der Waals surface area contributed by atoms with Gasteiger partial charge >= 0.3 is 0 Å². The van der Waals surface area contributed by atoms with Gasteiger partial charge in [-0.1, -0.05) is 115 Å². The zero-order valence-electron chi connectivity index (χ0n) is 26.6. The molecule has 0 radical (unpaired) electrons. The molecular weight excluding hydrogens is 613 g/mol. The second-order valence-electron chi connectivity index (χ2n) is 12.5. The maximum Gasteiger partial charge on any atom is 0.0555 e. The Labute approximate surface area is 288 Å².